The normalized spacial score (nSPS) is 12.0. The van der Waals surface area contributed by atoms with E-state index < -0.39 is 22.3 Å². The van der Waals surface area contributed by atoms with E-state index >= 15 is 0 Å². The maximum Gasteiger partial charge on any atom is 0.421 e. The van der Waals surface area contributed by atoms with Gasteiger partial charge in [-0.3, -0.25) is 0 Å². The zero-order valence-electron chi connectivity index (χ0n) is 11.6. The molecule has 1 aromatic carbocycles. The Labute approximate surface area is 123 Å². The van der Waals surface area contributed by atoms with Gasteiger partial charge in [-0.15, -0.1) is 0 Å². The maximum absolute atomic E-state index is 11.6. The van der Waals surface area contributed by atoms with Crippen LogP contribution in [0.4, 0.5) is 4.79 Å². The molecule has 0 heterocycles. The van der Waals surface area contributed by atoms with E-state index in [4.69, 9.17) is 5.11 Å². The number of methoxy groups -OCH3 is 1. The van der Waals surface area contributed by atoms with Crippen molar-refractivity contribution in [3.05, 3.63) is 35.4 Å². The van der Waals surface area contributed by atoms with E-state index in [0.29, 0.717) is 11.1 Å². The van der Waals surface area contributed by atoms with Crippen LogP contribution in [0.1, 0.15) is 24.1 Å². The van der Waals surface area contributed by atoms with E-state index in [2.05, 4.69) is 21.3 Å². The van der Waals surface area contributed by atoms with Gasteiger partial charge in [0.05, 0.1) is 7.11 Å². The molecule has 21 heavy (non-hydrogen) atoms. The second kappa shape index (κ2) is 7.64. The molecule has 0 fully saturated rings. The first kappa shape index (κ1) is 17.0. The molecule has 1 amide bonds. The molecule has 0 saturated carbocycles. The lowest BCUT2D eigenvalue weighted by atomic mass is 10.1. The summed E-state index contributed by atoms with van der Waals surface area (Å²) in [5.41, 5.74) is 1.40. The van der Waals surface area contributed by atoms with Crippen LogP contribution in [0.5, 0.6) is 0 Å². The third kappa shape index (κ3) is 5.83. The molecule has 0 aliphatic heterocycles. The summed E-state index contributed by atoms with van der Waals surface area (Å²) in [5.74, 6) is 5.24. The van der Waals surface area contributed by atoms with Gasteiger partial charge in [0.2, 0.25) is 0 Å². The molecule has 0 aliphatic rings. The van der Waals surface area contributed by atoms with E-state index in [1.54, 1.807) is 35.9 Å². The lowest BCUT2D eigenvalue weighted by Crippen LogP contribution is -2.41. The molecule has 1 atom stereocenters. The van der Waals surface area contributed by atoms with Crippen molar-refractivity contribution >= 4 is 16.3 Å². The zero-order valence-corrected chi connectivity index (χ0v) is 12.4. The highest BCUT2D eigenvalue weighted by atomic mass is 32.2. The second-order valence-electron chi connectivity index (χ2n) is 4.02. The Bertz CT molecular complexity index is 643. The van der Waals surface area contributed by atoms with Gasteiger partial charge in [-0.25, -0.2) is 9.52 Å². The van der Waals surface area contributed by atoms with Crippen LogP contribution in [0.15, 0.2) is 24.3 Å². The van der Waals surface area contributed by atoms with Crippen molar-refractivity contribution in [1.82, 2.24) is 9.44 Å². The standard InChI is InChI=1S/C13H16N2O5S/c1-10(14-21(18,19)15-13(17)20-2)12-7-5-11(6-8-12)4-3-9-16/h5-8,10,14,16H,9H2,1-2H3,(H,15,17). The lowest BCUT2D eigenvalue weighted by Gasteiger charge is -2.14. The Morgan fingerprint density at radius 1 is 1.38 bits per heavy atom. The summed E-state index contributed by atoms with van der Waals surface area (Å²) in [5, 5.41) is 8.60. The highest BCUT2D eigenvalue weighted by Gasteiger charge is 2.18. The summed E-state index contributed by atoms with van der Waals surface area (Å²) in [4.78, 5) is 10.9. The molecular formula is C13H16N2O5S. The molecule has 7 nitrogen and oxygen atoms in total. The van der Waals surface area contributed by atoms with E-state index in [1.807, 2.05) is 0 Å². The monoisotopic (exact) mass is 312 g/mol. The predicted octanol–water partition coefficient (Wildman–Crippen LogP) is 0.282. The number of benzene rings is 1. The zero-order chi connectivity index (χ0) is 15.9. The molecule has 0 aliphatic carbocycles. The van der Waals surface area contributed by atoms with Crippen LogP contribution in [-0.2, 0) is 14.9 Å². The van der Waals surface area contributed by atoms with Crippen LogP contribution in [0.2, 0.25) is 0 Å². The third-order valence-corrected chi connectivity index (χ3v) is 3.56. The van der Waals surface area contributed by atoms with Gasteiger partial charge >= 0.3 is 16.3 Å². The summed E-state index contributed by atoms with van der Waals surface area (Å²) < 4.78 is 31.4. The number of ether oxygens (including phenoxy) is 1. The quantitative estimate of drug-likeness (QED) is 0.693. The van der Waals surface area contributed by atoms with Crippen molar-refractivity contribution in [2.45, 2.75) is 13.0 Å². The summed E-state index contributed by atoms with van der Waals surface area (Å²) in [6, 6.07) is 6.26. The fraction of sp³-hybridized carbons (Fsp3) is 0.308. The average molecular weight is 312 g/mol. The van der Waals surface area contributed by atoms with Gasteiger partial charge in [0, 0.05) is 11.6 Å². The number of amides is 1. The summed E-state index contributed by atoms with van der Waals surface area (Å²) in [6.07, 6.45) is -1.07. The van der Waals surface area contributed by atoms with Crippen molar-refractivity contribution in [1.29, 1.82) is 0 Å². The largest absolute Gasteiger partial charge is 0.452 e. The fourth-order valence-corrected chi connectivity index (χ4v) is 2.44. The van der Waals surface area contributed by atoms with Crippen LogP contribution in [0.25, 0.3) is 0 Å². The Kier molecular flexibility index (Phi) is 6.17. The molecule has 1 unspecified atom stereocenters. The Hall–Kier alpha value is -2.08. The van der Waals surface area contributed by atoms with Gasteiger partial charge in [0.15, 0.2) is 0 Å². The Balaban J connectivity index is 2.75. The average Bonchev–Trinajstić information content (AvgIpc) is 2.44. The Morgan fingerprint density at radius 3 is 2.52 bits per heavy atom. The highest BCUT2D eigenvalue weighted by molar-refractivity contribution is 7.88. The van der Waals surface area contributed by atoms with Gasteiger partial charge in [-0.1, -0.05) is 24.0 Å². The number of carbonyl (C=O) groups excluding carboxylic acids is 1. The molecule has 0 spiro atoms. The molecule has 0 bridgehead atoms. The van der Waals surface area contributed by atoms with Crippen LogP contribution in [-0.4, -0.2) is 33.3 Å². The minimum Gasteiger partial charge on any atom is -0.452 e. The number of rotatable bonds is 4. The topological polar surface area (TPSA) is 105 Å². The number of aliphatic hydroxyl groups is 1. The van der Waals surface area contributed by atoms with Crippen molar-refractivity contribution in [2.75, 3.05) is 13.7 Å². The molecule has 1 aromatic rings. The van der Waals surface area contributed by atoms with Gasteiger partial charge in [-0.2, -0.15) is 13.1 Å². The number of hydrogen-bond acceptors (Lipinski definition) is 5. The van der Waals surface area contributed by atoms with Gasteiger partial charge in [-0.05, 0) is 24.6 Å². The highest BCUT2D eigenvalue weighted by Crippen LogP contribution is 2.13. The summed E-state index contributed by atoms with van der Waals surface area (Å²) in [6.45, 7) is 1.40. The maximum atomic E-state index is 11.6. The van der Waals surface area contributed by atoms with Crippen LogP contribution in [0.3, 0.4) is 0 Å². The van der Waals surface area contributed by atoms with Crippen molar-refractivity contribution < 1.29 is 23.1 Å². The molecule has 0 saturated heterocycles. The SMILES string of the molecule is COC(=O)NS(=O)(=O)NC(C)c1ccc(C#CCO)cc1. The number of nitrogens with one attached hydrogen (secondary N) is 2. The minimum atomic E-state index is -4.00. The molecule has 8 heteroatoms. The van der Waals surface area contributed by atoms with Gasteiger partial charge < -0.3 is 9.84 Å². The van der Waals surface area contributed by atoms with Crippen LogP contribution >= 0.6 is 0 Å². The molecule has 0 radical (unpaired) electrons. The van der Waals surface area contributed by atoms with Crippen LogP contribution < -0.4 is 9.44 Å². The molecule has 3 N–H and O–H groups in total. The van der Waals surface area contributed by atoms with E-state index in [9.17, 15) is 13.2 Å². The molecular weight excluding hydrogens is 296 g/mol. The van der Waals surface area contributed by atoms with Gasteiger partial charge in [0.25, 0.3) is 0 Å². The summed E-state index contributed by atoms with van der Waals surface area (Å²) >= 11 is 0. The van der Waals surface area contributed by atoms with Crippen molar-refractivity contribution in [3.63, 3.8) is 0 Å². The first-order chi connectivity index (χ1) is 9.88. The summed E-state index contributed by atoms with van der Waals surface area (Å²) in [7, 11) is -2.93. The molecule has 0 aromatic heterocycles. The third-order valence-electron chi connectivity index (χ3n) is 2.46. The first-order valence-electron chi connectivity index (χ1n) is 5.95. The van der Waals surface area contributed by atoms with Crippen molar-refractivity contribution in [2.24, 2.45) is 0 Å². The number of aliphatic hydroxyl groups excluding tert-OH is 1. The first-order valence-corrected chi connectivity index (χ1v) is 7.44. The molecule has 114 valence electrons. The van der Waals surface area contributed by atoms with Crippen molar-refractivity contribution in [3.8, 4) is 11.8 Å². The minimum absolute atomic E-state index is 0.225. The second-order valence-corrected chi connectivity index (χ2v) is 5.47. The number of carbonyl (C=O) groups is 1. The van der Waals surface area contributed by atoms with E-state index in [-0.39, 0.29) is 6.61 Å². The Morgan fingerprint density at radius 2 is 2.00 bits per heavy atom. The fourth-order valence-electron chi connectivity index (χ4n) is 1.48. The number of hydrogen-bond donors (Lipinski definition) is 3. The van der Waals surface area contributed by atoms with E-state index in [0.717, 1.165) is 7.11 Å². The van der Waals surface area contributed by atoms with Gasteiger partial charge in [0.1, 0.15) is 6.61 Å². The smallest absolute Gasteiger partial charge is 0.421 e. The molecule has 1 rings (SSSR count). The lowest BCUT2D eigenvalue weighted by molar-refractivity contribution is 0.177. The van der Waals surface area contributed by atoms with E-state index in [1.165, 1.54) is 0 Å². The van der Waals surface area contributed by atoms with Crippen LogP contribution in [0, 0.1) is 11.8 Å². The predicted molar refractivity (Wildman–Crippen MR) is 76.4 cm³/mol.